The molecule has 0 radical (unpaired) electrons. The molecule has 3 heterocycles. The van der Waals surface area contributed by atoms with Gasteiger partial charge in [0.2, 0.25) is 5.91 Å². The van der Waals surface area contributed by atoms with E-state index in [-0.39, 0.29) is 18.9 Å². The number of amidine groups is 1. The van der Waals surface area contributed by atoms with Crippen LogP contribution < -0.4 is 5.32 Å². The molecule has 0 fully saturated rings. The lowest BCUT2D eigenvalue weighted by Gasteiger charge is -2.36. The van der Waals surface area contributed by atoms with Gasteiger partial charge in [-0.25, -0.2) is 9.79 Å². The number of carbonyl (C=O) groups is 2. The third kappa shape index (κ3) is 5.12. The van der Waals surface area contributed by atoms with Gasteiger partial charge in [0.1, 0.15) is 0 Å². The number of rotatable bonds is 7. The first-order valence-corrected chi connectivity index (χ1v) is 11.8. The van der Waals surface area contributed by atoms with E-state index in [1.165, 1.54) is 11.8 Å². The standard InChI is InChI=1S/C24H23ClN4O3S/c1-3-32-23(31)21-15(2)28-24-29(22(21)17-4-6-18(25)7-5-17)19(14-33-24)12-20(30)27-13-16-8-10-26-11-9-16/h4-11,14,22H,3,12-13H2,1-2H3,(H,27,30)/t22-/m0/s1. The molecule has 1 atom stereocenters. The van der Waals surface area contributed by atoms with Crippen molar-refractivity contribution in [2.75, 3.05) is 6.61 Å². The van der Waals surface area contributed by atoms with Crippen LogP contribution in [0.2, 0.25) is 5.02 Å². The lowest BCUT2D eigenvalue weighted by Crippen LogP contribution is -2.38. The fourth-order valence-electron chi connectivity index (χ4n) is 3.73. The van der Waals surface area contributed by atoms with Crippen molar-refractivity contribution in [3.05, 3.63) is 87.3 Å². The number of aromatic nitrogens is 1. The van der Waals surface area contributed by atoms with Gasteiger partial charge in [0.15, 0.2) is 5.17 Å². The Morgan fingerprint density at radius 3 is 2.61 bits per heavy atom. The van der Waals surface area contributed by atoms with Gasteiger partial charge in [-0.15, -0.1) is 0 Å². The van der Waals surface area contributed by atoms with Crippen LogP contribution in [0.25, 0.3) is 0 Å². The molecule has 0 spiro atoms. The van der Waals surface area contributed by atoms with E-state index in [0.717, 1.165) is 22.0 Å². The smallest absolute Gasteiger partial charge is 0.338 e. The molecule has 1 N–H and O–H groups in total. The van der Waals surface area contributed by atoms with Crippen LogP contribution >= 0.6 is 23.4 Å². The number of allylic oxidation sites excluding steroid dienone is 1. The summed E-state index contributed by atoms with van der Waals surface area (Å²) in [6.07, 6.45) is 3.53. The van der Waals surface area contributed by atoms with Gasteiger partial charge < -0.3 is 15.0 Å². The second kappa shape index (κ2) is 10.2. The topological polar surface area (TPSA) is 83.9 Å². The average Bonchev–Trinajstić information content (AvgIpc) is 3.20. The fourth-order valence-corrected chi connectivity index (χ4v) is 4.82. The predicted molar refractivity (Wildman–Crippen MR) is 129 cm³/mol. The zero-order valence-electron chi connectivity index (χ0n) is 18.2. The number of carbonyl (C=O) groups excluding carboxylic acids is 2. The van der Waals surface area contributed by atoms with Gasteiger partial charge in [0.05, 0.1) is 30.3 Å². The third-order valence-electron chi connectivity index (χ3n) is 5.26. The largest absolute Gasteiger partial charge is 0.463 e. The maximum absolute atomic E-state index is 12.9. The molecule has 4 rings (SSSR count). The molecule has 1 amide bonds. The van der Waals surface area contributed by atoms with Crippen LogP contribution in [0, 0.1) is 0 Å². The molecule has 2 aliphatic rings. The van der Waals surface area contributed by atoms with Crippen LogP contribution in [-0.2, 0) is 20.9 Å². The first-order valence-electron chi connectivity index (χ1n) is 10.5. The number of pyridine rings is 1. The first-order chi connectivity index (χ1) is 16.0. The van der Waals surface area contributed by atoms with Crippen LogP contribution in [0.5, 0.6) is 0 Å². The lowest BCUT2D eigenvalue weighted by molar-refractivity contribution is -0.139. The summed E-state index contributed by atoms with van der Waals surface area (Å²) in [5.74, 6) is -0.546. The lowest BCUT2D eigenvalue weighted by atomic mass is 9.94. The van der Waals surface area contributed by atoms with E-state index in [1.54, 1.807) is 38.4 Å². The Labute approximate surface area is 201 Å². The molecule has 0 aliphatic carbocycles. The van der Waals surface area contributed by atoms with Crippen molar-refractivity contribution in [3.63, 3.8) is 0 Å². The molecule has 0 saturated heterocycles. The minimum absolute atomic E-state index is 0.126. The molecule has 0 saturated carbocycles. The van der Waals surface area contributed by atoms with E-state index in [1.807, 2.05) is 34.6 Å². The van der Waals surface area contributed by atoms with Gasteiger partial charge in [-0.05, 0) is 54.6 Å². The van der Waals surface area contributed by atoms with Crippen molar-refractivity contribution in [1.29, 1.82) is 0 Å². The number of fused-ring (bicyclic) bond motifs is 1. The normalized spacial score (nSPS) is 17.3. The van der Waals surface area contributed by atoms with E-state index in [4.69, 9.17) is 16.3 Å². The molecule has 170 valence electrons. The number of esters is 1. The summed E-state index contributed by atoms with van der Waals surface area (Å²) in [5, 5.41) is 6.17. The summed E-state index contributed by atoms with van der Waals surface area (Å²) >= 11 is 7.55. The minimum Gasteiger partial charge on any atom is -0.463 e. The Balaban J connectivity index is 1.60. The van der Waals surface area contributed by atoms with E-state index in [2.05, 4.69) is 15.3 Å². The maximum Gasteiger partial charge on any atom is 0.338 e. The second-order valence-electron chi connectivity index (χ2n) is 7.47. The molecule has 2 aliphatic heterocycles. The van der Waals surface area contributed by atoms with Gasteiger partial charge in [-0.1, -0.05) is 35.5 Å². The second-order valence-corrected chi connectivity index (χ2v) is 8.75. The summed E-state index contributed by atoms with van der Waals surface area (Å²) < 4.78 is 5.35. The number of halogens is 1. The molecule has 0 bridgehead atoms. The van der Waals surface area contributed by atoms with Crippen molar-refractivity contribution in [1.82, 2.24) is 15.2 Å². The van der Waals surface area contributed by atoms with Crippen molar-refractivity contribution in [3.8, 4) is 0 Å². The molecule has 1 aromatic carbocycles. The van der Waals surface area contributed by atoms with E-state index in [9.17, 15) is 9.59 Å². The molecular weight excluding hydrogens is 460 g/mol. The van der Waals surface area contributed by atoms with Gasteiger partial charge in [0.25, 0.3) is 0 Å². The molecular formula is C24H23ClN4O3S. The average molecular weight is 483 g/mol. The third-order valence-corrected chi connectivity index (χ3v) is 6.40. The summed E-state index contributed by atoms with van der Waals surface area (Å²) in [6, 6.07) is 10.6. The molecule has 1 aromatic heterocycles. The Bertz CT molecular complexity index is 1150. The highest BCUT2D eigenvalue weighted by molar-refractivity contribution is 8.16. The van der Waals surface area contributed by atoms with Crippen LogP contribution in [0.1, 0.15) is 37.4 Å². The monoisotopic (exact) mass is 482 g/mol. The zero-order valence-corrected chi connectivity index (χ0v) is 19.8. The van der Waals surface area contributed by atoms with E-state index >= 15 is 0 Å². The fraction of sp³-hybridized carbons (Fsp3) is 0.250. The maximum atomic E-state index is 12.9. The highest BCUT2D eigenvalue weighted by atomic mass is 35.5. The summed E-state index contributed by atoms with van der Waals surface area (Å²) in [6.45, 7) is 4.25. The van der Waals surface area contributed by atoms with Crippen LogP contribution in [-0.4, -0.2) is 33.5 Å². The van der Waals surface area contributed by atoms with Gasteiger partial charge in [-0.2, -0.15) is 0 Å². The van der Waals surface area contributed by atoms with Crippen LogP contribution in [0.4, 0.5) is 0 Å². The van der Waals surface area contributed by atoms with Gasteiger partial charge in [-0.3, -0.25) is 9.78 Å². The molecule has 0 unspecified atom stereocenters. The number of hydrogen-bond acceptors (Lipinski definition) is 7. The number of ether oxygens (including phenoxy) is 1. The number of aliphatic imine (C=N–C) groups is 1. The number of nitrogens with one attached hydrogen (secondary N) is 1. The number of amides is 1. The molecule has 2 aromatic rings. The highest BCUT2D eigenvalue weighted by Crippen LogP contribution is 2.44. The zero-order chi connectivity index (χ0) is 23.4. The SMILES string of the molecule is CCOC(=O)C1=C(C)N=C2SC=C(CC(=O)NCc3ccncc3)N2[C@H]1c1ccc(Cl)cc1. The van der Waals surface area contributed by atoms with Crippen LogP contribution in [0.3, 0.4) is 0 Å². The minimum atomic E-state index is -0.469. The molecule has 33 heavy (non-hydrogen) atoms. The summed E-state index contributed by atoms with van der Waals surface area (Å²) in [5.41, 5.74) is 3.65. The van der Waals surface area contributed by atoms with Gasteiger partial charge in [0, 0.05) is 29.7 Å². The van der Waals surface area contributed by atoms with Crippen molar-refractivity contribution < 1.29 is 14.3 Å². The Morgan fingerprint density at radius 1 is 1.18 bits per heavy atom. The predicted octanol–water partition coefficient (Wildman–Crippen LogP) is 4.58. The number of nitrogens with zero attached hydrogens (tertiary/aromatic N) is 3. The van der Waals surface area contributed by atoms with E-state index < -0.39 is 12.0 Å². The van der Waals surface area contributed by atoms with Crippen molar-refractivity contribution >= 4 is 40.4 Å². The first kappa shape index (κ1) is 23.1. The highest BCUT2D eigenvalue weighted by Gasteiger charge is 2.41. The van der Waals surface area contributed by atoms with E-state index in [0.29, 0.717) is 22.8 Å². The van der Waals surface area contributed by atoms with Crippen LogP contribution in [0.15, 0.2) is 76.2 Å². The van der Waals surface area contributed by atoms with Crippen molar-refractivity contribution in [2.45, 2.75) is 32.9 Å². The Kier molecular flexibility index (Phi) is 7.15. The molecule has 9 heteroatoms. The number of thioether (sulfide) groups is 1. The quantitative estimate of drug-likeness (QED) is 0.581. The van der Waals surface area contributed by atoms with Gasteiger partial charge >= 0.3 is 5.97 Å². The summed E-state index contributed by atoms with van der Waals surface area (Å²) in [4.78, 5) is 36.2. The Morgan fingerprint density at radius 2 is 1.91 bits per heavy atom. The summed E-state index contributed by atoms with van der Waals surface area (Å²) in [7, 11) is 0. The number of hydrogen-bond donors (Lipinski definition) is 1. The molecule has 7 nitrogen and oxygen atoms in total. The number of benzene rings is 1. The Hall–Kier alpha value is -3.10. The van der Waals surface area contributed by atoms with Crippen molar-refractivity contribution in [2.24, 2.45) is 4.99 Å².